The quantitative estimate of drug-likeness (QED) is 0.342. The number of nitrogens with one attached hydrogen (secondary N) is 2. The zero-order chi connectivity index (χ0) is 22.0. The Balaban J connectivity index is 1.65. The number of nitrogens with zero attached hydrogens (tertiary/aromatic N) is 1. The molecular formula is C23H22N3O3S2+. The summed E-state index contributed by atoms with van der Waals surface area (Å²) in [5, 5.41) is 3.29. The van der Waals surface area contributed by atoms with Crippen LogP contribution in [0.4, 0.5) is 5.69 Å². The topological polar surface area (TPSA) is 82.9 Å². The van der Waals surface area contributed by atoms with Crippen molar-refractivity contribution < 1.29 is 17.2 Å². The molecule has 0 saturated heterocycles. The molecule has 0 unspecified atom stereocenters. The number of aromatic nitrogens is 2. The van der Waals surface area contributed by atoms with Gasteiger partial charge < -0.3 is 5.32 Å². The number of anilines is 1. The number of H-pyrrole nitrogens is 1. The number of aryl methyl sites for hydroxylation is 2. The SMILES string of the molecule is Cc1ccc(C)c(NC(=O)CSc2[nH]c3ccccc3[n+]2S(=O)(=O)c2ccccc2)c1. The smallest absolute Gasteiger partial charge is 0.325 e. The second kappa shape index (κ2) is 8.56. The van der Waals surface area contributed by atoms with Gasteiger partial charge in [0.25, 0.3) is 0 Å². The average molecular weight is 453 g/mol. The third kappa shape index (κ3) is 4.35. The molecule has 4 aromatic rings. The van der Waals surface area contributed by atoms with E-state index in [1.54, 1.807) is 42.5 Å². The van der Waals surface area contributed by atoms with Gasteiger partial charge in [0.15, 0.2) is 11.0 Å². The number of aromatic amines is 1. The van der Waals surface area contributed by atoms with Crippen molar-refractivity contribution in [3.05, 3.63) is 83.9 Å². The number of amides is 1. The lowest BCUT2D eigenvalue weighted by atomic mass is 10.1. The molecule has 0 aliphatic carbocycles. The van der Waals surface area contributed by atoms with Crippen LogP contribution in [0.15, 0.2) is 82.8 Å². The molecule has 4 rings (SSSR count). The molecule has 1 aromatic heterocycles. The summed E-state index contributed by atoms with van der Waals surface area (Å²) in [5.41, 5.74) is 3.99. The van der Waals surface area contributed by atoms with E-state index >= 15 is 0 Å². The van der Waals surface area contributed by atoms with Crippen LogP contribution in [0.1, 0.15) is 11.1 Å². The fourth-order valence-corrected chi connectivity index (χ4v) is 5.84. The van der Waals surface area contributed by atoms with Gasteiger partial charge in [-0.3, -0.25) is 4.79 Å². The highest BCUT2D eigenvalue weighted by Crippen LogP contribution is 2.22. The third-order valence-corrected chi connectivity index (χ3v) is 7.65. The number of hydrogen-bond donors (Lipinski definition) is 2. The maximum atomic E-state index is 13.4. The van der Waals surface area contributed by atoms with Gasteiger partial charge in [0.2, 0.25) is 5.91 Å². The minimum Gasteiger partial charge on any atom is -0.325 e. The van der Waals surface area contributed by atoms with Gasteiger partial charge >= 0.3 is 15.2 Å². The molecule has 0 spiro atoms. The molecule has 8 heteroatoms. The number of hydrogen-bond acceptors (Lipinski definition) is 4. The summed E-state index contributed by atoms with van der Waals surface area (Å²) in [5.74, 6) is -0.147. The van der Waals surface area contributed by atoms with Gasteiger partial charge in [-0.15, -0.1) is 3.97 Å². The Morgan fingerprint density at radius 1 is 1.00 bits per heavy atom. The minimum atomic E-state index is -3.84. The van der Waals surface area contributed by atoms with Crippen LogP contribution in [0.3, 0.4) is 0 Å². The van der Waals surface area contributed by atoms with E-state index in [4.69, 9.17) is 0 Å². The van der Waals surface area contributed by atoms with Crippen LogP contribution in [0, 0.1) is 13.8 Å². The normalized spacial score (nSPS) is 11.5. The predicted octanol–water partition coefficient (Wildman–Crippen LogP) is 4.04. The highest BCUT2D eigenvalue weighted by Gasteiger charge is 2.31. The number of thioether (sulfide) groups is 1. The van der Waals surface area contributed by atoms with Crippen molar-refractivity contribution in [2.45, 2.75) is 23.9 Å². The van der Waals surface area contributed by atoms with Gasteiger partial charge in [-0.25, -0.2) is 4.98 Å². The van der Waals surface area contributed by atoms with Crippen LogP contribution < -0.4 is 9.29 Å². The number of carbonyl (C=O) groups excluding carboxylic acids is 1. The van der Waals surface area contributed by atoms with Gasteiger partial charge in [-0.1, -0.05) is 42.5 Å². The molecule has 2 N–H and O–H groups in total. The van der Waals surface area contributed by atoms with E-state index in [-0.39, 0.29) is 16.6 Å². The van der Waals surface area contributed by atoms with Crippen molar-refractivity contribution >= 4 is 44.4 Å². The lowest BCUT2D eigenvalue weighted by Crippen LogP contribution is -2.44. The van der Waals surface area contributed by atoms with E-state index in [0.717, 1.165) is 28.6 Å². The summed E-state index contributed by atoms with van der Waals surface area (Å²) >= 11 is 1.15. The van der Waals surface area contributed by atoms with Crippen LogP contribution in [-0.4, -0.2) is 25.1 Å². The highest BCUT2D eigenvalue weighted by atomic mass is 32.2. The fraction of sp³-hybridized carbons (Fsp3) is 0.130. The first-order chi connectivity index (χ1) is 14.9. The first-order valence-corrected chi connectivity index (χ1v) is 12.1. The highest BCUT2D eigenvalue weighted by molar-refractivity contribution is 8.00. The van der Waals surface area contributed by atoms with E-state index in [1.165, 1.54) is 3.97 Å². The Kier molecular flexibility index (Phi) is 5.84. The van der Waals surface area contributed by atoms with Crippen molar-refractivity contribution in [1.82, 2.24) is 4.98 Å². The third-order valence-electron chi connectivity index (χ3n) is 4.84. The molecule has 158 valence electrons. The monoisotopic (exact) mass is 452 g/mol. The fourth-order valence-electron chi connectivity index (χ4n) is 3.25. The molecule has 0 saturated carbocycles. The standard InChI is InChI=1S/C23H21N3O3S2/c1-16-12-13-17(2)20(14-16)24-22(27)15-30-23-25-19-10-6-7-11-21(19)26(23)31(28,29)18-8-4-3-5-9-18/h3-14H,15H2,1-2H3,(H,24,27)/p+1. The van der Waals surface area contributed by atoms with Crippen molar-refractivity contribution in [3.8, 4) is 0 Å². The second-order valence-corrected chi connectivity index (χ2v) is 9.94. The second-order valence-electron chi connectivity index (χ2n) is 7.19. The summed E-state index contributed by atoms with van der Waals surface area (Å²) in [7, 11) is -3.84. The number of imidazole rings is 1. The number of benzene rings is 3. The summed E-state index contributed by atoms with van der Waals surface area (Å²) in [4.78, 5) is 15.9. The van der Waals surface area contributed by atoms with E-state index in [1.807, 2.05) is 44.2 Å². The average Bonchev–Trinajstić information content (AvgIpc) is 3.15. The molecule has 6 nitrogen and oxygen atoms in total. The van der Waals surface area contributed by atoms with E-state index in [9.17, 15) is 13.2 Å². The van der Waals surface area contributed by atoms with E-state index in [2.05, 4.69) is 10.3 Å². The van der Waals surface area contributed by atoms with Crippen LogP contribution in [-0.2, 0) is 14.8 Å². The van der Waals surface area contributed by atoms with Crippen LogP contribution in [0.5, 0.6) is 0 Å². The Hall–Kier alpha value is -3.10. The molecule has 0 fully saturated rings. The van der Waals surface area contributed by atoms with Crippen LogP contribution in [0.25, 0.3) is 11.0 Å². The Morgan fingerprint density at radius 3 is 2.48 bits per heavy atom. The van der Waals surface area contributed by atoms with Crippen molar-refractivity contribution in [1.29, 1.82) is 0 Å². The van der Waals surface area contributed by atoms with Gasteiger partial charge in [0.1, 0.15) is 4.90 Å². The van der Waals surface area contributed by atoms with Gasteiger partial charge in [0, 0.05) is 5.69 Å². The molecule has 0 aliphatic rings. The summed E-state index contributed by atoms with van der Waals surface area (Å²) in [6, 6.07) is 21.3. The lowest BCUT2D eigenvalue weighted by Gasteiger charge is -2.09. The number of fused-ring (bicyclic) bond motifs is 1. The van der Waals surface area contributed by atoms with E-state index in [0.29, 0.717) is 16.2 Å². The van der Waals surface area contributed by atoms with Crippen molar-refractivity contribution in [3.63, 3.8) is 0 Å². The Morgan fingerprint density at radius 2 is 1.71 bits per heavy atom. The molecule has 3 aromatic carbocycles. The predicted molar refractivity (Wildman–Crippen MR) is 123 cm³/mol. The zero-order valence-corrected chi connectivity index (χ0v) is 18.8. The molecule has 1 amide bonds. The molecule has 31 heavy (non-hydrogen) atoms. The first kappa shape index (κ1) is 21.1. The molecule has 0 atom stereocenters. The minimum absolute atomic E-state index is 0.0600. The van der Waals surface area contributed by atoms with Gasteiger partial charge in [-0.2, -0.15) is 8.42 Å². The molecule has 0 aliphatic heterocycles. The Labute approximate surface area is 185 Å². The number of para-hydroxylation sites is 2. The Bertz CT molecular complexity index is 1360. The maximum absolute atomic E-state index is 13.4. The largest absolute Gasteiger partial charge is 0.336 e. The summed E-state index contributed by atoms with van der Waals surface area (Å²) in [6.07, 6.45) is 0. The molecule has 1 heterocycles. The van der Waals surface area contributed by atoms with Gasteiger partial charge in [0.05, 0.1) is 5.75 Å². The maximum Gasteiger partial charge on any atom is 0.336 e. The summed E-state index contributed by atoms with van der Waals surface area (Å²) in [6.45, 7) is 3.89. The number of carbonyl (C=O) groups is 1. The lowest BCUT2D eigenvalue weighted by molar-refractivity contribution is -0.526. The summed E-state index contributed by atoms with van der Waals surface area (Å²) < 4.78 is 28.0. The van der Waals surface area contributed by atoms with Gasteiger partial charge in [-0.05, 0) is 67.1 Å². The molecular weight excluding hydrogens is 430 g/mol. The molecule has 0 radical (unpaired) electrons. The van der Waals surface area contributed by atoms with E-state index < -0.39 is 10.0 Å². The molecule has 0 bridgehead atoms. The van der Waals surface area contributed by atoms with Crippen LogP contribution in [0.2, 0.25) is 0 Å². The zero-order valence-electron chi connectivity index (χ0n) is 17.1. The van der Waals surface area contributed by atoms with Crippen molar-refractivity contribution in [2.75, 3.05) is 11.1 Å². The number of rotatable bonds is 6. The van der Waals surface area contributed by atoms with Crippen LogP contribution >= 0.6 is 11.8 Å². The van der Waals surface area contributed by atoms with Crippen molar-refractivity contribution in [2.24, 2.45) is 0 Å². The first-order valence-electron chi connectivity index (χ1n) is 9.69.